The molecule has 2 N–H and O–H groups in total. The van der Waals surface area contributed by atoms with Gasteiger partial charge < -0.3 is 20.1 Å². The maximum atomic E-state index is 13.5. The van der Waals surface area contributed by atoms with Gasteiger partial charge in [-0.25, -0.2) is 0 Å². The van der Waals surface area contributed by atoms with Crippen LogP contribution in [0.1, 0.15) is 77.5 Å². The zero-order chi connectivity index (χ0) is 24.1. The van der Waals surface area contributed by atoms with Crippen LogP contribution in [0, 0.1) is 13.8 Å². The number of ether oxygens (including phenoxy) is 1. The molecule has 2 aromatic rings. The maximum absolute atomic E-state index is 13.5. The van der Waals surface area contributed by atoms with E-state index in [1.807, 2.05) is 26.0 Å². The summed E-state index contributed by atoms with van der Waals surface area (Å²) in [4.78, 5) is 20.6. The van der Waals surface area contributed by atoms with E-state index in [9.17, 15) is 9.90 Å². The number of aromatic nitrogens is 1. The van der Waals surface area contributed by atoms with Gasteiger partial charge in [0.15, 0.2) is 0 Å². The predicted octanol–water partition coefficient (Wildman–Crippen LogP) is 4.26. The monoisotopic (exact) mass is 465 g/mol. The summed E-state index contributed by atoms with van der Waals surface area (Å²) in [6.07, 6.45) is 5.55. The van der Waals surface area contributed by atoms with Crippen LogP contribution in [0.2, 0.25) is 0 Å². The number of benzene rings is 1. The van der Waals surface area contributed by atoms with Crippen molar-refractivity contribution in [1.29, 1.82) is 0 Å². The molecule has 1 aromatic heterocycles. The van der Waals surface area contributed by atoms with Crippen LogP contribution in [-0.2, 0) is 24.1 Å². The number of aliphatic hydroxyl groups is 1. The Bertz CT molecular complexity index is 1000. The number of aliphatic hydroxyl groups excluding tert-OH is 1. The van der Waals surface area contributed by atoms with E-state index in [0.717, 1.165) is 98.5 Å². The number of anilines is 1. The second-order valence-electron chi connectivity index (χ2n) is 9.69. The van der Waals surface area contributed by atoms with Gasteiger partial charge in [-0.05, 0) is 101 Å². The minimum Gasteiger partial charge on any atom is -0.393 e. The molecule has 0 spiro atoms. The summed E-state index contributed by atoms with van der Waals surface area (Å²) < 4.78 is 5.60. The summed E-state index contributed by atoms with van der Waals surface area (Å²) in [7, 11) is 0. The molecule has 3 heterocycles. The lowest BCUT2D eigenvalue weighted by Gasteiger charge is -2.37. The molecule has 1 amide bonds. The lowest BCUT2D eigenvalue weighted by molar-refractivity contribution is 0.0845. The smallest absolute Gasteiger partial charge is 0.251 e. The summed E-state index contributed by atoms with van der Waals surface area (Å²) in [6.45, 7) is 9.11. The number of nitrogens with zero attached hydrogens (tertiary/aromatic N) is 2. The first-order chi connectivity index (χ1) is 16.5. The van der Waals surface area contributed by atoms with Crippen molar-refractivity contribution < 1.29 is 14.6 Å². The Morgan fingerprint density at radius 2 is 1.91 bits per heavy atom. The Labute approximate surface area is 203 Å². The highest BCUT2D eigenvalue weighted by molar-refractivity contribution is 5.97. The summed E-state index contributed by atoms with van der Waals surface area (Å²) >= 11 is 0. The molecule has 2 aliphatic rings. The topological polar surface area (TPSA) is 74.7 Å². The minimum atomic E-state index is -0.348. The molecule has 0 saturated carbocycles. The van der Waals surface area contributed by atoms with E-state index in [2.05, 4.69) is 34.3 Å². The number of nitrogens with one attached hydrogen (secondary N) is 1. The molecule has 184 valence electrons. The Balaban J connectivity index is 1.69. The van der Waals surface area contributed by atoms with Gasteiger partial charge in [0.1, 0.15) is 0 Å². The summed E-state index contributed by atoms with van der Waals surface area (Å²) in [5.74, 6) is -0.0365. The molecular formula is C28H39N3O3. The highest BCUT2D eigenvalue weighted by atomic mass is 16.5. The second-order valence-corrected chi connectivity index (χ2v) is 9.69. The molecule has 0 aliphatic carbocycles. The molecule has 1 unspecified atom stereocenters. The van der Waals surface area contributed by atoms with Crippen molar-refractivity contribution in [2.24, 2.45) is 0 Å². The predicted molar refractivity (Wildman–Crippen MR) is 135 cm³/mol. The number of aryl methyl sites for hydroxylation is 3. The maximum Gasteiger partial charge on any atom is 0.251 e. The molecule has 1 aromatic carbocycles. The van der Waals surface area contributed by atoms with Crippen LogP contribution in [0.5, 0.6) is 0 Å². The lowest BCUT2D eigenvalue weighted by Crippen LogP contribution is -2.40. The number of carbonyl (C=O) groups is 1. The number of carbonyl (C=O) groups excluding carboxylic acids is 1. The van der Waals surface area contributed by atoms with E-state index >= 15 is 0 Å². The largest absolute Gasteiger partial charge is 0.393 e. The molecule has 6 heteroatoms. The van der Waals surface area contributed by atoms with E-state index < -0.39 is 0 Å². The molecule has 2 aliphatic heterocycles. The average Bonchev–Trinajstić information content (AvgIpc) is 2.84. The van der Waals surface area contributed by atoms with E-state index in [1.165, 1.54) is 5.56 Å². The van der Waals surface area contributed by atoms with E-state index in [-0.39, 0.29) is 12.0 Å². The molecule has 1 fully saturated rings. The number of rotatable bonds is 3. The third kappa shape index (κ3) is 5.61. The van der Waals surface area contributed by atoms with Crippen LogP contribution in [0.15, 0.2) is 24.3 Å². The van der Waals surface area contributed by atoms with E-state index in [4.69, 9.17) is 4.74 Å². The van der Waals surface area contributed by atoms with Crippen LogP contribution in [0.25, 0.3) is 0 Å². The Hall–Kier alpha value is -2.44. The van der Waals surface area contributed by atoms with E-state index in [0.29, 0.717) is 12.6 Å². The van der Waals surface area contributed by atoms with Gasteiger partial charge in [-0.3, -0.25) is 9.78 Å². The fourth-order valence-corrected chi connectivity index (χ4v) is 5.59. The Morgan fingerprint density at radius 3 is 2.68 bits per heavy atom. The molecule has 0 radical (unpaired) electrons. The summed E-state index contributed by atoms with van der Waals surface area (Å²) in [6, 6.07) is 8.63. The van der Waals surface area contributed by atoms with Gasteiger partial charge in [0.2, 0.25) is 0 Å². The quantitative estimate of drug-likeness (QED) is 0.708. The van der Waals surface area contributed by atoms with Crippen LogP contribution in [0.4, 0.5) is 5.69 Å². The normalized spacial score (nSPS) is 20.2. The van der Waals surface area contributed by atoms with Gasteiger partial charge in [-0.15, -0.1) is 0 Å². The second kappa shape index (κ2) is 11.3. The highest BCUT2D eigenvalue weighted by Crippen LogP contribution is 2.31. The van der Waals surface area contributed by atoms with Gasteiger partial charge >= 0.3 is 0 Å². The van der Waals surface area contributed by atoms with Gasteiger partial charge in [0, 0.05) is 55.0 Å². The fraction of sp³-hybridized carbons (Fsp3) is 0.571. The van der Waals surface area contributed by atoms with Gasteiger partial charge in [0.05, 0.1) is 6.10 Å². The molecule has 4 rings (SSSR count). The fourth-order valence-electron chi connectivity index (χ4n) is 5.59. The van der Waals surface area contributed by atoms with Crippen molar-refractivity contribution in [3.05, 3.63) is 57.9 Å². The molecule has 0 bridgehead atoms. The van der Waals surface area contributed by atoms with Crippen molar-refractivity contribution in [3.63, 3.8) is 0 Å². The zero-order valence-corrected chi connectivity index (χ0v) is 20.9. The van der Waals surface area contributed by atoms with Gasteiger partial charge in [-0.1, -0.05) is 6.07 Å². The number of pyridine rings is 1. The van der Waals surface area contributed by atoms with Crippen molar-refractivity contribution in [1.82, 2.24) is 10.3 Å². The molecular weight excluding hydrogens is 426 g/mol. The summed E-state index contributed by atoms with van der Waals surface area (Å²) in [5.41, 5.74) is 7.17. The number of hydrogen-bond acceptors (Lipinski definition) is 5. The van der Waals surface area contributed by atoms with Gasteiger partial charge in [-0.2, -0.15) is 0 Å². The number of hydrogen-bond donors (Lipinski definition) is 2. The first-order valence-electron chi connectivity index (χ1n) is 12.9. The molecule has 34 heavy (non-hydrogen) atoms. The molecule has 6 nitrogen and oxygen atoms in total. The first-order valence-corrected chi connectivity index (χ1v) is 12.9. The van der Waals surface area contributed by atoms with Crippen molar-refractivity contribution >= 4 is 11.6 Å². The van der Waals surface area contributed by atoms with Crippen molar-refractivity contribution in [3.8, 4) is 0 Å². The third-order valence-corrected chi connectivity index (χ3v) is 7.37. The van der Waals surface area contributed by atoms with Crippen molar-refractivity contribution in [2.75, 3.05) is 24.7 Å². The number of fused-ring (bicyclic) bond motifs is 2. The Kier molecular flexibility index (Phi) is 8.22. The SMILES string of the molecule is CCN(c1cccc2c1CCCC(O)CCc1cc(C)nc(C)c1CNC2=O)C1CCOCC1. The third-order valence-electron chi connectivity index (χ3n) is 7.37. The summed E-state index contributed by atoms with van der Waals surface area (Å²) in [5, 5.41) is 13.9. The number of amides is 1. The minimum absolute atomic E-state index is 0.0365. The standard InChI is InChI=1S/C28H39N3O3/c1-4-31(22-13-15-34-16-14-22)27-10-6-9-25-24(27)8-5-7-23(32)12-11-21-17-19(2)30-20(3)26(21)18-29-28(25)33/h6,9-10,17,22-23,32H,4-5,7-8,11-16,18H2,1-3H3,(H,29,33). The molecule has 1 atom stereocenters. The van der Waals surface area contributed by atoms with Crippen LogP contribution in [-0.4, -0.2) is 47.9 Å². The van der Waals surface area contributed by atoms with Crippen LogP contribution in [0.3, 0.4) is 0 Å². The molecule has 1 saturated heterocycles. The van der Waals surface area contributed by atoms with Crippen LogP contribution >= 0.6 is 0 Å². The first kappa shape index (κ1) is 24.7. The zero-order valence-electron chi connectivity index (χ0n) is 20.9. The van der Waals surface area contributed by atoms with Crippen LogP contribution < -0.4 is 10.2 Å². The lowest BCUT2D eigenvalue weighted by atomic mass is 9.95. The van der Waals surface area contributed by atoms with Crippen molar-refractivity contribution in [2.45, 2.75) is 84.4 Å². The Morgan fingerprint density at radius 1 is 1.12 bits per heavy atom. The highest BCUT2D eigenvalue weighted by Gasteiger charge is 2.25. The van der Waals surface area contributed by atoms with Gasteiger partial charge in [0.25, 0.3) is 5.91 Å². The van der Waals surface area contributed by atoms with E-state index in [1.54, 1.807) is 0 Å². The average molecular weight is 466 g/mol.